The van der Waals surface area contributed by atoms with Crippen molar-refractivity contribution in [2.24, 2.45) is 17.3 Å². The first-order chi connectivity index (χ1) is 8.49. The fraction of sp³-hybridized carbons (Fsp3) is 0.929. The molecule has 19 heavy (non-hydrogen) atoms. The van der Waals surface area contributed by atoms with Gasteiger partial charge in [-0.2, -0.15) is 13.2 Å². The van der Waals surface area contributed by atoms with Crippen molar-refractivity contribution in [3.05, 3.63) is 0 Å². The third-order valence-electron chi connectivity index (χ3n) is 4.36. The van der Waals surface area contributed by atoms with E-state index < -0.39 is 17.7 Å². The summed E-state index contributed by atoms with van der Waals surface area (Å²) in [6, 6.07) is 0. The summed E-state index contributed by atoms with van der Waals surface area (Å²) in [5.41, 5.74) is -0.695. The fourth-order valence-electron chi connectivity index (χ4n) is 4.26. The highest BCUT2D eigenvalue weighted by Crippen LogP contribution is 2.52. The lowest BCUT2D eigenvalue weighted by Crippen LogP contribution is -2.47. The second kappa shape index (κ2) is 4.38. The van der Waals surface area contributed by atoms with Crippen molar-refractivity contribution in [2.75, 3.05) is 0 Å². The van der Waals surface area contributed by atoms with E-state index in [1.807, 2.05) is 0 Å². The molecule has 0 aromatic carbocycles. The van der Waals surface area contributed by atoms with E-state index in [1.165, 1.54) is 0 Å². The van der Waals surface area contributed by atoms with Gasteiger partial charge in [-0.3, -0.25) is 0 Å². The summed E-state index contributed by atoms with van der Waals surface area (Å²) in [5.74, 6) is -1.31. The zero-order chi connectivity index (χ0) is 14.5. The molecular weight excluding hydrogens is 257 g/mol. The van der Waals surface area contributed by atoms with Gasteiger partial charge in [-0.15, -0.1) is 0 Å². The van der Waals surface area contributed by atoms with Gasteiger partial charge in [0.1, 0.15) is 5.60 Å². The van der Waals surface area contributed by atoms with Crippen molar-refractivity contribution in [2.45, 2.75) is 64.7 Å². The minimum atomic E-state index is -4.89. The lowest BCUT2D eigenvalue weighted by molar-refractivity contribution is -0.219. The standard InChI is InChI=1S/C14H21F3O2/c1-12(2)5-9-4-10(6-12)8-13(3,7-9)19-11(18)14(15,16)17/h9-10H,4-8H2,1-3H3. The number of carbonyl (C=O) groups is 1. The van der Waals surface area contributed by atoms with E-state index in [9.17, 15) is 18.0 Å². The summed E-state index contributed by atoms with van der Waals surface area (Å²) >= 11 is 0. The molecule has 2 nitrogen and oxygen atoms in total. The summed E-state index contributed by atoms with van der Waals surface area (Å²) in [6.07, 6.45) is -0.730. The Labute approximate surface area is 111 Å². The van der Waals surface area contributed by atoms with Gasteiger partial charge in [-0.25, -0.2) is 4.79 Å². The highest BCUT2D eigenvalue weighted by atomic mass is 19.4. The summed E-state index contributed by atoms with van der Waals surface area (Å²) in [4.78, 5) is 11.0. The SMILES string of the molecule is CC1(C)CC2CC(C1)CC(C)(OC(=O)C(F)(F)F)C2. The highest BCUT2D eigenvalue weighted by Gasteiger charge is 2.50. The quantitative estimate of drug-likeness (QED) is 0.675. The van der Waals surface area contributed by atoms with Crippen molar-refractivity contribution >= 4 is 5.97 Å². The average molecular weight is 278 g/mol. The van der Waals surface area contributed by atoms with Crippen molar-refractivity contribution in [1.82, 2.24) is 0 Å². The molecule has 2 saturated carbocycles. The van der Waals surface area contributed by atoms with Crippen LogP contribution in [0.2, 0.25) is 0 Å². The number of halogens is 3. The first kappa shape index (κ1) is 14.7. The van der Waals surface area contributed by atoms with Gasteiger partial charge in [0.2, 0.25) is 0 Å². The Balaban J connectivity index is 2.05. The Kier molecular flexibility index (Phi) is 3.38. The third kappa shape index (κ3) is 3.42. The van der Waals surface area contributed by atoms with Crippen LogP contribution >= 0.6 is 0 Å². The minimum absolute atomic E-state index is 0.253. The second-order valence-electron chi connectivity index (χ2n) is 7.29. The number of ether oxygens (including phenoxy) is 1. The van der Waals surface area contributed by atoms with Gasteiger partial charge in [0, 0.05) is 0 Å². The smallest absolute Gasteiger partial charge is 0.453 e. The maximum Gasteiger partial charge on any atom is 0.490 e. The average Bonchev–Trinajstić information content (AvgIpc) is 2.09. The van der Waals surface area contributed by atoms with Gasteiger partial charge in [0.05, 0.1) is 0 Å². The van der Waals surface area contributed by atoms with Crippen LogP contribution in [0.15, 0.2) is 0 Å². The third-order valence-corrected chi connectivity index (χ3v) is 4.36. The normalized spacial score (nSPS) is 37.8. The summed E-state index contributed by atoms with van der Waals surface area (Å²) in [5, 5.41) is 0. The van der Waals surface area contributed by atoms with E-state index in [2.05, 4.69) is 13.8 Å². The zero-order valence-electron chi connectivity index (χ0n) is 11.6. The number of hydrogen-bond acceptors (Lipinski definition) is 2. The van der Waals surface area contributed by atoms with Crippen molar-refractivity contribution in [3.63, 3.8) is 0 Å². The van der Waals surface area contributed by atoms with E-state index in [1.54, 1.807) is 6.92 Å². The molecule has 2 fully saturated rings. The molecule has 0 amide bonds. The van der Waals surface area contributed by atoms with Crippen LogP contribution in [0.1, 0.15) is 52.9 Å². The van der Waals surface area contributed by atoms with Crippen LogP contribution in [0, 0.1) is 17.3 Å². The first-order valence-electron chi connectivity index (χ1n) is 6.79. The fourth-order valence-corrected chi connectivity index (χ4v) is 4.26. The van der Waals surface area contributed by atoms with Crippen LogP contribution in [0.25, 0.3) is 0 Å². The van der Waals surface area contributed by atoms with Gasteiger partial charge in [-0.1, -0.05) is 13.8 Å². The lowest BCUT2D eigenvalue weighted by Gasteiger charge is -2.49. The molecule has 0 aromatic heterocycles. The predicted molar refractivity (Wildman–Crippen MR) is 64.4 cm³/mol. The van der Waals surface area contributed by atoms with Crippen LogP contribution in [-0.4, -0.2) is 17.7 Å². The molecule has 5 heteroatoms. The van der Waals surface area contributed by atoms with E-state index in [4.69, 9.17) is 4.74 Å². The van der Waals surface area contributed by atoms with Crippen LogP contribution in [0.3, 0.4) is 0 Å². The Hall–Kier alpha value is -0.740. The van der Waals surface area contributed by atoms with Gasteiger partial charge < -0.3 is 4.74 Å². The minimum Gasteiger partial charge on any atom is -0.453 e. The Bertz CT molecular complexity index is 357. The second-order valence-corrected chi connectivity index (χ2v) is 7.29. The predicted octanol–water partition coefficient (Wildman–Crippen LogP) is 4.09. The van der Waals surface area contributed by atoms with E-state index in [0.29, 0.717) is 24.7 Å². The molecule has 0 radical (unpaired) electrons. The van der Waals surface area contributed by atoms with Gasteiger partial charge in [-0.05, 0) is 56.3 Å². The summed E-state index contributed by atoms with van der Waals surface area (Å²) < 4.78 is 41.7. The number of rotatable bonds is 1. The number of carbonyl (C=O) groups excluding carboxylic acids is 1. The topological polar surface area (TPSA) is 26.3 Å². The van der Waals surface area contributed by atoms with Crippen LogP contribution < -0.4 is 0 Å². The molecule has 2 rings (SSSR count). The molecule has 2 atom stereocenters. The Morgan fingerprint density at radius 2 is 1.53 bits per heavy atom. The molecule has 110 valence electrons. The number of fused-ring (bicyclic) bond motifs is 2. The van der Waals surface area contributed by atoms with Crippen LogP contribution in [0.5, 0.6) is 0 Å². The molecule has 0 spiro atoms. The molecule has 2 aliphatic carbocycles. The highest BCUT2D eigenvalue weighted by molar-refractivity contribution is 5.76. The van der Waals surface area contributed by atoms with Gasteiger partial charge in [0.15, 0.2) is 0 Å². The largest absolute Gasteiger partial charge is 0.490 e. The molecule has 0 aromatic rings. The molecule has 0 N–H and O–H groups in total. The van der Waals surface area contributed by atoms with Gasteiger partial charge >= 0.3 is 12.1 Å². The monoisotopic (exact) mass is 278 g/mol. The summed E-state index contributed by atoms with van der Waals surface area (Å²) in [6.45, 7) is 6.06. The van der Waals surface area contributed by atoms with Crippen molar-refractivity contribution < 1.29 is 22.7 Å². The van der Waals surface area contributed by atoms with Crippen molar-refractivity contribution in [1.29, 1.82) is 0 Å². The number of esters is 1. The molecule has 2 bridgehead atoms. The van der Waals surface area contributed by atoms with E-state index >= 15 is 0 Å². The van der Waals surface area contributed by atoms with Crippen molar-refractivity contribution in [3.8, 4) is 0 Å². The number of alkyl halides is 3. The lowest BCUT2D eigenvalue weighted by atomic mass is 9.59. The molecule has 0 aliphatic heterocycles. The molecule has 2 aliphatic rings. The molecule has 0 saturated heterocycles. The Morgan fingerprint density at radius 3 is 1.95 bits per heavy atom. The van der Waals surface area contributed by atoms with Crippen LogP contribution in [0.4, 0.5) is 13.2 Å². The van der Waals surface area contributed by atoms with Gasteiger partial charge in [0.25, 0.3) is 0 Å². The summed E-state index contributed by atoms with van der Waals surface area (Å²) in [7, 11) is 0. The molecule has 0 heterocycles. The Morgan fingerprint density at radius 1 is 1.05 bits per heavy atom. The first-order valence-corrected chi connectivity index (χ1v) is 6.79. The zero-order valence-corrected chi connectivity index (χ0v) is 11.6. The van der Waals surface area contributed by atoms with E-state index in [-0.39, 0.29) is 5.41 Å². The molecule has 2 unspecified atom stereocenters. The van der Waals surface area contributed by atoms with E-state index in [0.717, 1.165) is 19.3 Å². The molecular formula is C14H21F3O2. The maximum atomic E-state index is 12.3. The maximum absolute atomic E-state index is 12.3. The van der Waals surface area contributed by atoms with Crippen LogP contribution in [-0.2, 0) is 9.53 Å². The number of hydrogen-bond donors (Lipinski definition) is 0.